The predicted octanol–water partition coefficient (Wildman–Crippen LogP) is 2.71. The van der Waals surface area contributed by atoms with Crippen molar-refractivity contribution in [3.05, 3.63) is 10.8 Å². The van der Waals surface area contributed by atoms with Crippen molar-refractivity contribution in [3.8, 4) is 0 Å². The van der Waals surface area contributed by atoms with Crippen molar-refractivity contribution in [2.45, 2.75) is 65.3 Å². The fraction of sp³-hybridized carbons (Fsp3) is 0.846. The average molecular weight is 258 g/mol. The fourth-order valence-corrected chi connectivity index (χ4v) is 5.12. The topological polar surface area (TPSA) is 38.7 Å². The molecular weight excluding hydrogens is 232 g/mol. The van der Waals surface area contributed by atoms with Gasteiger partial charge in [0.1, 0.15) is 12.2 Å². The second-order valence-electron chi connectivity index (χ2n) is 6.48. The number of ether oxygens (including phenoxy) is 2. The molecule has 0 saturated carbocycles. The Kier molecular flexibility index (Phi) is 4.24. The Hall–Kier alpha value is -0.163. The summed E-state index contributed by atoms with van der Waals surface area (Å²) in [5.41, 5.74) is 1.21. The molecule has 4 heteroatoms. The van der Waals surface area contributed by atoms with Crippen LogP contribution >= 0.6 is 0 Å². The average Bonchev–Trinajstić information content (AvgIpc) is 2.42. The molecule has 0 spiro atoms. The lowest BCUT2D eigenvalue weighted by molar-refractivity contribution is -0.147. The van der Waals surface area contributed by atoms with Gasteiger partial charge < -0.3 is 14.6 Å². The molecule has 1 fully saturated rings. The smallest absolute Gasteiger partial charge is 0.163 e. The van der Waals surface area contributed by atoms with Gasteiger partial charge in [0.05, 0.1) is 14.7 Å². The molecule has 17 heavy (non-hydrogen) atoms. The third-order valence-corrected chi connectivity index (χ3v) is 5.44. The third kappa shape index (κ3) is 3.65. The first kappa shape index (κ1) is 14.9. The molecule has 2 atom stereocenters. The molecular formula is C13H26O3Si. The van der Waals surface area contributed by atoms with Crippen LogP contribution in [0.15, 0.2) is 10.8 Å². The molecule has 1 N–H and O–H groups in total. The van der Waals surface area contributed by atoms with E-state index in [4.69, 9.17) is 9.47 Å². The van der Waals surface area contributed by atoms with Gasteiger partial charge in [-0.3, -0.25) is 0 Å². The van der Waals surface area contributed by atoms with E-state index in [1.165, 1.54) is 10.8 Å². The molecule has 0 unspecified atom stereocenters. The largest absolute Gasteiger partial charge is 0.386 e. The van der Waals surface area contributed by atoms with Crippen LogP contribution in [0.3, 0.4) is 0 Å². The molecule has 100 valence electrons. The molecule has 0 aromatic carbocycles. The van der Waals surface area contributed by atoms with Gasteiger partial charge in [-0.15, -0.1) is 0 Å². The van der Waals surface area contributed by atoms with Crippen LogP contribution in [0.1, 0.15) is 27.7 Å². The number of rotatable bonds is 3. The summed E-state index contributed by atoms with van der Waals surface area (Å²) in [4.78, 5) is 0. The summed E-state index contributed by atoms with van der Waals surface area (Å²) in [6.07, 6.45) is -0.768. The highest BCUT2D eigenvalue weighted by Crippen LogP contribution is 2.31. The molecule has 0 bridgehead atoms. The van der Waals surface area contributed by atoms with Crippen LogP contribution in [-0.4, -0.2) is 37.8 Å². The quantitative estimate of drug-likeness (QED) is 0.791. The minimum atomic E-state index is -1.53. The van der Waals surface area contributed by atoms with Crippen molar-refractivity contribution in [3.63, 3.8) is 0 Å². The Morgan fingerprint density at radius 2 is 1.82 bits per heavy atom. The van der Waals surface area contributed by atoms with E-state index in [-0.39, 0.29) is 6.10 Å². The van der Waals surface area contributed by atoms with Crippen molar-refractivity contribution in [2.75, 3.05) is 6.61 Å². The van der Waals surface area contributed by atoms with E-state index >= 15 is 0 Å². The van der Waals surface area contributed by atoms with Gasteiger partial charge in [-0.1, -0.05) is 30.4 Å². The molecule has 1 aliphatic heterocycles. The van der Waals surface area contributed by atoms with Crippen LogP contribution in [0, 0.1) is 0 Å². The lowest BCUT2D eigenvalue weighted by Crippen LogP contribution is -2.41. The van der Waals surface area contributed by atoms with Crippen LogP contribution in [0.5, 0.6) is 0 Å². The maximum absolute atomic E-state index is 10.5. The van der Waals surface area contributed by atoms with Gasteiger partial charge in [0, 0.05) is 0 Å². The van der Waals surface area contributed by atoms with Gasteiger partial charge in [-0.05, 0) is 27.7 Å². The number of hydrogen-bond donors (Lipinski definition) is 1. The Morgan fingerprint density at radius 3 is 2.12 bits per heavy atom. The van der Waals surface area contributed by atoms with E-state index in [0.717, 1.165) is 0 Å². The van der Waals surface area contributed by atoms with Crippen LogP contribution in [0.2, 0.25) is 19.6 Å². The lowest BCUT2D eigenvalue weighted by atomic mass is 10.1. The molecule has 0 amide bonds. The van der Waals surface area contributed by atoms with Gasteiger partial charge >= 0.3 is 0 Å². The molecule has 3 nitrogen and oxygen atoms in total. The summed E-state index contributed by atoms with van der Waals surface area (Å²) < 4.78 is 11.3. The van der Waals surface area contributed by atoms with Gasteiger partial charge in [0.25, 0.3) is 0 Å². The zero-order valence-electron chi connectivity index (χ0n) is 12.1. The zero-order chi connectivity index (χ0) is 13.4. The van der Waals surface area contributed by atoms with Gasteiger partial charge in [-0.2, -0.15) is 0 Å². The monoisotopic (exact) mass is 258 g/mol. The van der Waals surface area contributed by atoms with Crippen molar-refractivity contribution < 1.29 is 14.6 Å². The maximum atomic E-state index is 10.5. The molecule has 1 rings (SSSR count). The van der Waals surface area contributed by atoms with E-state index in [1.807, 2.05) is 13.8 Å². The number of aliphatic hydroxyl groups excluding tert-OH is 1. The third-order valence-electron chi connectivity index (χ3n) is 3.03. The van der Waals surface area contributed by atoms with E-state index in [9.17, 15) is 5.11 Å². The van der Waals surface area contributed by atoms with Crippen molar-refractivity contribution in [1.82, 2.24) is 0 Å². The number of allylic oxidation sites excluding steroid dienone is 1. The Morgan fingerprint density at radius 1 is 1.29 bits per heavy atom. The van der Waals surface area contributed by atoms with Crippen molar-refractivity contribution in [2.24, 2.45) is 0 Å². The van der Waals surface area contributed by atoms with Crippen molar-refractivity contribution >= 4 is 8.07 Å². The first-order valence-electron chi connectivity index (χ1n) is 6.22. The second-order valence-corrected chi connectivity index (χ2v) is 11.5. The van der Waals surface area contributed by atoms with Crippen molar-refractivity contribution in [1.29, 1.82) is 0 Å². The predicted molar refractivity (Wildman–Crippen MR) is 72.6 cm³/mol. The minimum Gasteiger partial charge on any atom is -0.386 e. The first-order valence-corrected chi connectivity index (χ1v) is 9.72. The summed E-state index contributed by atoms with van der Waals surface area (Å²) >= 11 is 0. The van der Waals surface area contributed by atoms with E-state index in [2.05, 4.69) is 33.5 Å². The molecule has 0 aliphatic carbocycles. The normalized spacial score (nSPS) is 25.8. The summed E-state index contributed by atoms with van der Waals surface area (Å²) in [5, 5.41) is 11.7. The summed E-state index contributed by atoms with van der Waals surface area (Å²) in [6, 6.07) is 0. The summed E-state index contributed by atoms with van der Waals surface area (Å²) in [5.74, 6) is -0.572. The highest BCUT2D eigenvalue weighted by atomic mass is 28.3. The van der Waals surface area contributed by atoms with E-state index in [0.29, 0.717) is 6.61 Å². The minimum absolute atomic E-state index is 0.235. The highest BCUT2D eigenvalue weighted by molar-refractivity contribution is 6.83. The maximum Gasteiger partial charge on any atom is 0.163 e. The highest BCUT2D eigenvalue weighted by Gasteiger charge is 2.40. The first-order chi connectivity index (χ1) is 7.54. The van der Waals surface area contributed by atoms with Crippen LogP contribution in [0.25, 0.3) is 0 Å². The molecule has 0 radical (unpaired) electrons. The number of hydrogen-bond acceptors (Lipinski definition) is 3. The van der Waals surface area contributed by atoms with E-state index in [1.54, 1.807) is 0 Å². The van der Waals surface area contributed by atoms with Crippen LogP contribution in [-0.2, 0) is 9.47 Å². The fourth-order valence-electron chi connectivity index (χ4n) is 2.55. The van der Waals surface area contributed by atoms with Gasteiger partial charge in [-0.25, -0.2) is 0 Å². The molecule has 1 aliphatic rings. The second kappa shape index (κ2) is 4.84. The molecule has 0 aromatic rings. The van der Waals surface area contributed by atoms with Gasteiger partial charge in [0.2, 0.25) is 0 Å². The standard InChI is InChI=1S/C13H26O3Si/c1-9(2)12(17(5,6)7)11(14)10-8-15-13(3,4)16-10/h10-11,14H,8H2,1-7H3/t10-,11+/m1/s1. The molecule has 1 heterocycles. The summed E-state index contributed by atoms with van der Waals surface area (Å²) in [6.45, 7) is 15.1. The summed E-state index contributed by atoms with van der Waals surface area (Å²) in [7, 11) is -1.53. The van der Waals surface area contributed by atoms with Crippen LogP contribution < -0.4 is 0 Å². The lowest BCUT2D eigenvalue weighted by Gasteiger charge is -2.30. The van der Waals surface area contributed by atoms with Crippen LogP contribution in [0.4, 0.5) is 0 Å². The van der Waals surface area contributed by atoms with E-state index < -0.39 is 20.0 Å². The number of aliphatic hydroxyl groups is 1. The Bertz CT molecular complexity index is 311. The SMILES string of the molecule is CC(C)=C([C@@H](O)[C@H]1COC(C)(C)O1)[Si](C)(C)C. The molecule has 0 aromatic heterocycles. The zero-order valence-corrected chi connectivity index (χ0v) is 13.1. The molecule has 1 saturated heterocycles. The Labute approximate surface area is 106 Å². The van der Waals surface area contributed by atoms with Gasteiger partial charge in [0.15, 0.2) is 5.79 Å². The Balaban J connectivity index is 2.89.